The summed E-state index contributed by atoms with van der Waals surface area (Å²) >= 11 is 6.07. The molecule has 2 bridgehead atoms. The van der Waals surface area contributed by atoms with Crippen LogP contribution >= 0.6 is 11.6 Å². The molecule has 0 spiro atoms. The third-order valence-corrected chi connectivity index (χ3v) is 5.45. The van der Waals surface area contributed by atoms with Gasteiger partial charge in [-0.3, -0.25) is 10.2 Å². The SMILES string of the molecule is N=C(C(=O)Nc1ccc([C@@H]2O[C@H]3CN[C@@H]2C3)cc1)C(Cl)=C(N)C1CC1. The first-order chi connectivity index (χ1) is 12.0. The number of carbonyl (C=O) groups excluding carboxylic acids is 1. The first-order valence-electron chi connectivity index (χ1n) is 8.57. The number of ether oxygens (including phenoxy) is 1. The van der Waals surface area contributed by atoms with Crippen LogP contribution in [0.2, 0.25) is 0 Å². The highest BCUT2D eigenvalue weighted by atomic mass is 35.5. The fourth-order valence-corrected chi connectivity index (χ4v) is 3.69. The van der Waals surface area contributed by atoms with E-state index in [0.29, 0.717) is 23.5 Å². The van der Waals surface area contributed by atoms with Gasteiger partial charge in [0, 0.05) is 29.9 Å². The molecule has 5 N–H and O–H groups in total. The maximum Gasteiger partial charge on any atom is 0.275 e. The molecule has 0 aromatic heterocycles. The van der Waals surface area contributed by atoms with Gasteiger partial charge in [0.15, 0.2) is 0 Å². The lowest BCUT2D eigenvalue weighted by Crippen LogP contribution is -2.34. The van der Waals surface area contributed by atoms with E-state index in [1.807, 2.05) is 24.3 Å². The molecule has 1 aromatic rings. The molecule has 1 aromatic carbocycles. The predicted octanol–water partition coefficient (Wildman–Crippen LogP) is 2.27. The molecule has 3 atom stereocenters. The Balaban J connectivity index is 1.40. The Hall–Kier alpha value is -1.89. The second kappa shape index (κ2) is 6.44. The van der Waals surface area contributed by atoms with Crippen LogP contribution in [-0.4, -0.2) is 30.3 Å². The minimum absolute atomic E-state index is 0.0538. The summed E-state index contributed by atoms with van der Waals surface area (Å²) in [4.78, 5) is 12.2. The standard InChI is InChI=1S/C18H21ClN4O2/c19-14(15(20)9-1-2-9)16(21)18(24)23-11-5-3-10(4-6-11)17-13-7-12(25-17)8-22-13/h3-6,9,12-13,17,21-22H,1-2,7-8,20H2,(H,23,24)/t12-,13-,17+/m1/s1. The number of fused-ring (bicyclic) bond motifs is 2. The number of benzene rings is 1. The van der Waals surface area contributed by atoms with E-state index in [1.54, 1.807) is 0 Å². The van der Waals surface area contributed by atoms with Gasteiger partial charge >= 0.3 is 0 Å². The van der Waals surface area contributed by atoms with Crippen LogP contribution < -0.4 is 16.4 Å². The van der Waals surface area contributed by atoms with Gasteiger partial charge in [-0.1, -0.05) is 23.7 Å². The van der Waals surface area contributed by atoms with Crippen molar-refractivity contribution in [2.45, 2.75) is 37.5 Å². The van der Waals surface area contributed by atoms with Gasteiger partial charge in [-0.25, -0.2) is 0 Å². The number of carbonyl (C=O) groups is 1. The third kappa shape index (κ3) is 3.29. The molecule has 6 nitrogen and oxygen atoms in total. The van der Waals surface area contributed by atoms with Crippen molar-refractivity contribution in [2.75, 3.05) is 11.9 Å². The summed E-state index contributed by atoms with van der Waals surface area (Å²) in [5.41, 5.74) is 7.73. The van der Waals surface area contributed by atoms with E-state index in [0.717, 1.165) is 31.4 Å². The zero-order chi connectivity index (χ0) is 17.6. The smallest absolute Gasteiger partial charge is 0.275 e. The van der Waals surface area contributed by atoms with E-state index in [4.69, 9.17) is 27.5 Å². The van der Waals surface area contributed by atoms with Crippen molar-refractivity contribution in [1.82, 2.24) is 5.32 Å². The topological polar surface area (TPSA) is 100 Å². The number of nitrogens with one attached hydrogen (secondary N) is 3. The van der Waals surface area contributed by atoms with E-state index < -0.39 is 5.91 Å². The van der Waals surface area contributed by atoms with Crippen molar-refractivity contribution in [2.24, 2.45) is 11.7 Å². The van der Waals surface area contributed by atoms with Crippen molar-refractivity contribution in [3.05, 3.63) is 40.6 Å². The number of nitrogens with two attached hydrogens (primary N) is 1. The molecule has 2 saturated heterocycles. The second-order valence-electron chi connectivity index (χ2n) is 6.92. The fourth-order valence-electron chi connectivity index (χ4n) is 3.45. The van der Waals surface area contributed by atoms with Crippen LogP contribution in [0, 0.1) is 11.3 Å². The van der Waals surface area contributed by atoms with Gasteiger partial charge in [0.2, 0.25) is 0 Å². The number of morpholine rings is 1. The van der Waals surface area contributed by atoms with Crippen LogP contribution in [-0.2, 0) is 9.53 Å². The third-order valence-electron chi connectivity index (χ3n) is 5.04. The first kappa shape index (κ1) is 16.6. The van der Waals surface area contributed by atoms with Crippen molar-refractivity contribution < 1.29 is 9.53 Å². The lowest BCUT2D eigenvalue weighted by atomic mass is 10.0. The predicted molar refractivity (Wildman–Crippen MR) is 96.6 cm³/mol. The Morgan fingerprint density at radius 1 is 1.32 bits per heavy atom. The van der Waals surface area contributed by atoms with Crippen molar-refractivity contribution in [1.29, 1.82) is 5.41 Å². The molecule has 3 aliphatic rings. The van der Waals surface area contributed by atoms with E-state index in [1.165, 1.54) is 0 Å². The molecule has 0 unspecified atom stereocenters. The Morgan fingerprint density at radius 2 is 2.04 bits per heavy atom. The maximum absolute atomic E-state index is 12.2. The lowest BCUT2D eigenvalue weighted by Gasteiger charge is -2.23. The highest BCUT2D eigenvalue weighted by Gasteiger charge is 2.41. The summed E-state index contributed by atoms with van der Waals surface area (Å²) in [6, 6.07) is 7.90. The Morgan fingerprint density at radius 3 is 2.60 bits per heavy atom. The molecule has 1 aliphatic carbocycles. The average Bonchev–Trinajstić information content (AvgIpc) is 3.27. The van der Waals surface area contributed by atoms with E-state index in [-0.39, 0.29) is 22.8 Å². The lowest BCUT2D eigenvalue weighted by molar-refractivity contribution is -0.110. The molecule has 2 aliphatic heterocycles. The highest BCUT2D eigenvalue weighted by molar-refractivity contribution is 6.60. The summed E-state index contributed by atoms with van der Waals surface area (Å²) < 4.78 is 5.97. The molecule has 0 radical (unpaired) electrons. The summed E-state index contributed by atoms with van der Waals surface area (Å²) in [6.07, 6.45) is 3.36. The van der Waals surface area contributed by atoms with Crippen LogP contribution in [0.5, 0.6) is 0 Å². The first-order valence-corrected chi connectivity index (χ1v) is 8.95. The molecule has 2 heterocycles. The number of rotatable bonds is 5. The Bertz CT molecular complexity index is 742. The van der Waals surface area contributed by atoms with Crippen LogP contribution in [0.3, 0.4) is 0 Å². The normalized spacial score (nSPS) is 28.6. The van der Waals surface area contributed by atoms with Gasteiger partial charge in [0.25, 0.3) is 5.91 Å². The highest BCUT2D eigenvalue weighted by Crippen LogP contribution is 2.37. The van der Waals surface area contributed by atoms with Gasteiger partial charge in [-0.15, -0.1) is 0 Å². The average molecular weight is 361 g/mol. The quantitative estimate of drug-likeness (QED) is 0.605. The molecule has 1 amide bonds. The van der Waals surface area contributed by atoms with E-state index in [9.17, 15) is 4.79 Å². The molecular formula is C18H21ClN4O2. The number of amides is 1. The van der Waals surface area contributed by atoms with Gasteiger partial charge in [0.05, 0.1) is 17.2 Å². The molecule has 25 heavy (non-hydrogen) atoms. The number of hydrogen-bond donors (Lipinski definition) is 4. The number of hydrogen-bond acceptors (Lipinski definition) is 5. The van der Waals surface area contributed by atoms with Crippen molar-refractivity contribution in [3.8, 4) is 0 Å². The molecule has 132 valence electrons. The summed E-state index contributed by atoms with van der Waals surface area (Å²) in [5.74, 6) is -0.338. The molecule has 4 rings (SSSR count). The molecule has 3 fully saturated rings. The van der Waals surface area contributed by atoms with Crippen molar-refractivity contribution >= 4 is 28.9 Å². The minimum atomic E-state index is -0.556. The van der Waals surface area contributed by atoms with Crippen molar-refractivity contribution in [3.63, 3.8) is 0 Å². The number of allylic oxidation sites excluding steroid dienone is 1. The monoisotopic (exact) mass is 360 g/mol. The Labute approximate surface area is 151 Å². The van der Waals surface area contributed by atoms with Gasteiger partial charge in [-0.05, 0) is 37.0 Å². The number of anilines is 1. The van der Waals surface area contributed by atoms with Crippen LogP contribution in [0.25, 0.3) is 0 Å². The number of halogens is 1. The second-order valence-corrected chi connectivity index (χ2v) is 7.30. The van der Waals surface area contributed by atoms with Gasteiger partial charge < -0.3 is 21.1 Å². The fraction of sp³-hybridized carbons (Fsp3) is 0.444. The van der Waals surface area contributed by atoms with Crippen LogP contribution in [0.1, 0.15) is 30.9 Å². The van der Waals surface area contributed by atoms with Crippen LogP contribution in [0.15, 0.2) is 35.0 Å². The van der Waals surface area contributed by atoms with Crippen LogP contribution in [0.4, 0.5) is 5.69 Å². The summed E-state index contributed by atoms with van der Waals surface area (Å²) in [7, 11) is 0. The van der Waals surface area contributed by atoms with E-state index >= 15 is 0 Å². The zero-order valence-corrected chi connectivity index (χ0v) is 14.5. The summed E-state index contributed by atoms with van der Waals surface area (Å²) in [6.45, 7) is 0.926. The molecule has 1 saturated carbocycles. The largest absolute Gasteiger partial charge is 0.401 e. The van der Waals surface area contributed by atoms with E-state index in [2.05, 4.69) is 10.6 Å². The zero-order valence-electron chi connectivity index (χ0n) is 13.7. The maximum atomic E-state index is 12.2. The van der Waals surface area contributed by atoms with Gasteiger partial charge in [-0.2, -0.15) is 0 Å². The summed E-state index contributed by atoms with van der Waals surface area (Å²) in [5, 5.41) is 14.1. The Kier molecular flexibility index (Phi) is 4.27. The molecular weight excluding hydrogens is 340 g/mol. The minimum Gasteiger partial charge on any atom is -0.401 e. The van der Waals surface area contributed by atoms with Gasteiger partial charge in [0.1, 0.15) is 5.71 Å². The molecule has 7 heteroatoms.